The SMILES string of the molecule is CCCCC(CNOCc1ccccc1)C(=O)N1C(=O)OC[C@@H]1Cc1ccccc1.CCCC[C@H](CNOCc1ccccc1)C(=O)N1C(=O)OC[C@@H]1Cc1ccccc1.Cc1ccc(S(=O)(=O)O)cc1.Cc1ccc(S(=O)(=O)O)cc1. The molecule has 20 heteroatoms. The number of carbonyl (C=O) groups excluding carboxylic acids is 4. The molecule has 0 aromatic heterocycles. The van der Waals surface area contributed by atoms with E-state index < -0.39 is 32.4 Å². The highest BCUT2D eigenvalue weighted by molar-refractivity contribution is 7.86. The number of hydrogen-bond donors (Lipinski definition) is 4. The minimum Gasteiger partial charge on any atom is -0.447 e. The lowest BCUT2D eigenvalue weighted by Gasteiger charge is -2.25. The van der Waals surface area contributed by atoms with Crippen LogP contribution in [0.3, 0.4) is 0 Å². The van der Waals surface area contributed by atoms with Gasteiger partial charge in [0.1, 0.15) is 13.2 Å². The summed E-state index contributed by atoms with van der Waals surface area (Å²) in [7, 11) is -8.04. The van der Waals surface area contributed by atoms with Crippen LogP contribution in [-0.2, 0) is 75.0 Å². The molecular formula is C62H76N4O14S2. The zero-order valence-corrected chi connectivity index (χ0v) is 48.5. The summed E-state index contributed by atoms with van der Waals surface area (Å²) in [4.78, 5) is 64.8. The lowest BCUT2D eigenvalue weighted by atomic mass is 9.99. The Morgan fingerprint density at radius 1 is 0.512 bits per heavy atom. The third-order valence-electron chi connectivity index (χ3n) is 13.2. The van der Waals surface area contributed by atoms with Crippen molar-refractivity contribution >= 4 is 44.2 Å². The van der Waals surface area contributed by atoms with E-state index in [4.69, 9.17) is 28.3 Å². The van der Waals surface area contributed by atoms with Gasteiger partial charge in [-0.25, -0.2) is 30.3 Å². The molecule has 0 bridgehead atoms. The van der Waals surface area contributed by atoms with E-state index in [0.717, 1.165) is 59.1 Å². The summed E-state index contributed by atoms with van der Waals surface area (Å²) in [6, 6.07) is 50.8. The summed E-state index contributed by atoms with van der Waals surface area (Å²) in [5.74, 6) is -1.07. The van der Waals surface area contributed by atoms with Crippen molar-refractivity contribution in [2.45, 2.75) is 114 Å². The normalized spacial score (nSPS) is 15.5. The fourth-order valence-electron chi connectivity index (χ4n) is 8.61. The molecule has 440 valence electrons. The van der Waals surface area contributed by atoms with Crippen molar-refractivity contribution in [3.05, 3.63) is 203 Å². The molecule has 0 saturated carbocycles. The third kappa shape index (κ3) is 22.7. The van der Waals surface area contributed by atoms with E-state index in [1.54, 1.807) is 24.3 Å². The summed E-state index contributed by atoms with van der Waals surface area (Å²) in [6.45, 7) is 9.86. The van der Waals surface area contributed by atoms with Crippen LogP contribution in [0.2, 0.25) is 0 Å². The molecule has 2 fully saturated rings. The number of benzene rings is 6. The van der Waals surface area contributed by atoms with Gasteiger partial charge >= 0.3 is 12.2 Å². The molecule has 2 aliphatic heterocycles. The fraction of sp³-hybridized carbons (Fsp3) is 0.355. The Labute approximate surface area is 482 Å². The van der Waals surface area contributed by atoms with Crippen molar-refractivity contribution < 1.29 is 64.3 Å². The van der Waals surface area contributed by atoms with Gasteiger partial charge < -0.3 is 9.47 Å². The number of hydroxylamine groups is 2. The van der Waals surface area contributed by atoms with Gasteiger partial charge in [0.15, 0.2) is 0 Å². The van der Waals surface area contributed by atoms with E-state index in [1.165, 1.54) is 34.1 Å². The van der Waals surface area contributed by atoms with Crippen molar-refractivity contribution in [2.75, 3.05) is 26.3 Å². The van der Waals surface area contributed by atoms with Gasteiger partial charge in [0.25, 0.3) is 20.2 Å². The minimum absolute atomic E-state index is 0.0666. The molecule has 0 radical (unpaired) electrons. The van der Waals surface area contributed by atoms with Crippen molar-refractivity contribution in [1.82, 2.24) is 20.8 Å². The number of ether oxygens (including phenoxy) is 2. The summed E-state index contributed by atoms with van der Waals surface area (Å²) >= 11 is 0. The highest BCUT2D eigenvalue weighted by Gasteiger charge is 2.42. The quantitative estimate of drug-likeness (QED) is 0.0250. The topological polar surface area (TPSA) is 244 Å². The second-order valence-electron chi connectivity index (χ2n) is 19.8. The second-order valence-corrected chi connectivity index (χ2v) is 22.6. The highest BCUT2D eigenvalue weighted by Crippen LogP contribution is 2.24. The number of unbranched alkanes of at least 4 members (excludes halogenated alkanes) is 2. The van der Waals surface area contributed by atoms with Crippen LogP contribution in [0.25, 0.3) is 0 Å². The van der Waals surface area contributed by atoms with Crippen LogP contribution in [0, 0.1) is 25.7 Å². The zero-order valence-electron chi connectivity index (χ0n) is 46.9. The lowest BCUT2D eigenvalue weighted by Crippen LogP contribution is -2.46. The summed E-state index contributed by atoms with van der Waals surface area (Å²) < 4.78 is 69.6. The zero-order chi connectivity index (χ0) is 59.3. The first-order valence-corrected chi connectivity index (χ1v) is 30.2. The fourth-order valence-corrected chi connectivity index (χ4v) is 9.57. The van der Waals surface area contributed by atoms with E-state index in [-0.39, 0.29) is 58.7 Å². The lowest BCUT2D eigenvalue weighted by molar-refractivity contribution is -0.135. The Morgan fingerprint density at radius 3 is 1.11 bits per heavy atom. The first-order chi connectivity index (χ1) is 39.4. The highest BCUT2D eigenvalue weighted by atomic mass is 32.2. The van der Waals surface area contributed by atoms with Gasteiger partial charge in [-0.1, -0.05) is 196 Å². The van der Waals surface area contributed by atoms with Crippen LogP contribution >= 0.6 is 0 Å². The number of hydrogen-bond acceptors (Lipinski definition) is 14. The number of carbonyl (C=O) groups is 4. The van der Waals surface area contributed by atoms with E-state index in [2.05, 4.69) is 24.8 Å². The van der Waals surface area contributed by atoms with Gasteiger partial charge in [-0.05, 0) is 86.1 Å². The number of aryl methyl sites for hydroxylation is 2. The van der Waals surface area contributed by atoms with Crippen LogP contribution in [0.5, 0.6) is 0 Å². The molecule has 2 aliphatic rings. The molecule has 6 aromatic rings. The predicted octanol–water partition coefficient (Wildman–Crippen LogP) is 10.7. The Hall–Kier alpha value is -7.14. The molecule has 0 spiro atoms. The van der Waals surface area contributed by atoms with Gasteiger partial charge in [0.2, 0.25) is 11.8 Å². The average molecular weight is 1170 g/mol. The minimum atomic E-state index is -4.02. The molecule has 4 atom stereocenters. The molecule has 4 N–H and O–H groups in total. The Balaban J connectivity index is 0.000000221. The Kier molecular flexibility index (Phi) is 27.5. The van der Waals surface area contributed by atoms with Crippen LogP contribution in [-0.4, -0.2) is 98.1 Å². The molecule has 6 aromatic carbocycles. The smallest absolute Gasteiger partial charge is 0.416 e. The Morgan fingerprint density at radius 2 is 0.817 bits per heavy atom. The number of nitrogens with zero attached hydrogens (tertiary/aromatic N) is 2. The van der Waals surface area contributed by atoms with E-state index >= 15 is 0 Å². The standard InChI is InChI=1S/2C24H30N2O4.2C7H8O3S/c2*1-2-3-14-21(16-25-30-17-20-12-8-5-9-13-20)23(27)26-22(18-29-24(26)28)15-19-10-6-4-7-11-19;2*1-6-2-4-7(5-3-6)11(8,9)10/h2*4-13,21-22,25H,2-3,14-18H2,1H3;2*2-5H,1H3,(H,8,9,10)/t21?,22-;21-,22+;;/m01../s1. The van der Waals surface area contributed by atoms with E-state index in [1.807, 2.05) is 135 Å². The maximum atomic E-state index is 13.3. The molecule has 82 heavy (non-hydrogen) atoms. The van der Waals surface area contributed by atoms with E-state index in [9.17, 15) is 36.0 Å². The van der Waals surface area contributed by atoms with Gasteiger partial charge in [-0.15, -0.1) is 0 Å². The largest absolute Gasteiger partial charge is 0.447 e. The molecule has 18 nitrogen and oxygen atoms in total. The average Bonchev–Trinajstić information content (AvgIpc) is 4.28. The predicted molar refractivity (Wildman–Crippen MR) is 311 cm³/mol. The van der Waals surface area contributed by atoms with Crippen molar-refractivity contribution in [3.63, 3.8) is 0 Å². The third-order valence-corrected chi connectivity index (χ3v) is 14.9. The van der Waals surface area contributed by atoms with Crippen molar-refractivity contribution in [2.24, 2.45) is 11.8 Å². The van der Waals surface area contributed by atoms with Crippen LogP contribution < -0.4 is 11.0 Å². The number of rotatable bonds is 24. The summed E-state index contributed by atoms with van der Waals surface area (Å²) in [5, 5.41) is 0. The molecular weight excluding hydrogens is 1090 g/mol. The van der Waals surface area contributed by atoms with Gasteiger partial charge in [-0.3, -0.25) is 28.4 Å². The molecule has 2 saturated heterocycles. The molecule has 0 aliphatic carbocycles. The Bertz CT molecular complexity index is 2880. The van der Waals surface area contributed by atoms with Gasteiger partial charge in [0, 0.05) is 13.1 Å². The van der Waals surface area contributed by atoms with Gasteiger partial charge in [-0.2, -0.15) is 16.8 Å². The molecule has 2 heterocycles. The van der Waals surface area contributed by atoms with Crippen LogP contribution in [0.1, 0.15) is 85.8 Å². The number of imide groups is 2. The maximum absolute atomic E-state index is 13.3. The first-order valence-electron chi connectivity index (χ1n) is 27.3. The van der Waals surface area contributed by atoms with Crippen molar-refractivity contribution in [3.8, 4) is 0 Å². The first kappa shape index (κ1) is 65.7. The number of nitrogens with one attached hydrogen (secondary N) is 2. The molecule has 4 amide bonds. The molecule has 8 rings (SSSR count). The molecule has 1 unspecified atom stereocenters. The summed E-state index contributed by atoms with van der Waals surface area (Å²) in [6.07, 6.45) is 5.25. The van der Waals surface area contributed by atoms with Crippen LogP contribution in [0.4, 0.5) is 9.59 Å². The monoisotopic (exact) mass is 1160 g/mol. The van der Waals surface area contributed by atoms with E-state index in [0.29, 0.717) is 52.0 Å². The number of amides is 4. The maximum Gasteiger partial charge on any atom is 0.416 e. The van der Waals surface area contributed by atoms with Gasteiger partial charge in [0.05, 0.1) is 46.9 Å². The van der Waals surface area contributed by atoms with Crippen molar-refractivity contribution in [1.29, 1.82) is 0 Å². The van der Waals surface area contributed by atoms with Crippen LogP contribution in [0.15, 0.2) is 180 Å². The summed E-state index contributed by atoms with van der Waals surface area (Å²) in [5.41, 5.74) is 12.0. The second kappa shape index (κ2) is 34.3. The number of cyclic esters (lactones) is 2.